The van der Waals surface area contributed by atoms with Gasteiger partial charge in [0.05, 0.1) is 11.4 Å². The molecular weight excluding hydrogens is 200 g/mol. The maximum Gasteiger partial charge on any atom is 0.177 e. The van der Waals surface area contributed by atoms with Crippen LogP contribution >= 0.6 is 0 Å². The number of nitrogens with zero attached hydrogens (tertiary/aromatic N) is 3. The van der Waals surface area contributed by atoms with Crippen LogP contribution in [0.2, 0.25) is 0 Å². The van der Waals surface area contributed by atoms with Crippen LogP contribution in [0.3, 0.4) is 0 Å². The summed E-state index contributed by atoms with van der Waals surface area (Å²) in [5, 5.41) is 4.46. The molecule has 4 nitrogen and oxygen atoms in total. The van der Waals surface area contributed by atoms with E-state index in [2.05, 4.69) is 17.0 Å². The molecule has 2 N–H and O–H groups in total. The van der Waals surface area contributed by atoms with Crippen molar-refractivity contribution in [3.8, 4) is 5.82 Å². The van der Waals surface area contributed by atoms with Gasteiger partial charge in [-0.15, -0.1) is 0 Å². The van der Waals surface area contributed by atoms with E-state index in [9.17, 15) is 0 Å². The van der Waals surface area contributed by atoms with Gasteiger partial charge in [-0.2, -0.15) is 5.10 Å². The maximum atomic E-state index is 6.02. The first-order valence-corrected chi connectivity index (χ1v) is 5.26. The number of aromatic nitrogens is 3. The van der Waals surface area contributed by atoms with Crippen molar-refractivity contribution in [2.45, 2.75) is 27.7 Å². The molecule has 0 aliphatic heterocycles. The van der Waals surface area contributed by atoms with Gasteiger partial charge in [0.2, 0.25) is 0 Å². The Morgan fingerprint density at radius 1 is 1.19 bits per heavy atom. The van der Waals surface area contributed by atoms with Crippen LogP contribution in [-0.2, 0) is 0 Å². The smallest absolute Gasteiger partial charge is 0.177 e. The van der Waals surface area contributed by atoms with Gasteiger partial charge in [0.25, 0.3) is 0 Å². The second-order valence-corrected chi connectivity index (χ2v) is 4.07. The molecule has 0 radical (unpaired) electrons. The van der Waals surface area contributed by atoms with E-state index in [1.54, 1.807) is 6.20 Å². The molecule has 0 aliphatic carbocycles. The standard InChI is InChI=1S/C12H16N4/c1-7-5-6-14-12(11(7)13)16-10(4)8(2)9(3)15-16/h5-6H,13H2,1-4H3. The van der Waals surface area contributed by atoms with Gasteiger partial charge < -0.3 is 5.73 Å². The summed E-state index contributed by atoms with van der Waals surface area (Å²) in [6, 6.07) is 1.90. The minimum absolute atomic E-state index is 0.688. The molecule has 0 amide bonds. The number of anilines is 1. The first-order valence-electron chi connectivity index (χ1n) is 5.26. The lowest BCUT2D eigenvalue weighted by molar-refractivity contribution is 0.807. The average Bonchev–Trinajstić information content (AvgIpc) is 2.50. The molecule has 84 valence electrons. The first kappa shape index (κ1) is 10.7. The summed E-state index contributed by atoms with van der Waals surface area (Å²) in [5.41, 5.74) is 11.0. The zero-order chi connectivity index (χ0) is 11.9. The van der Waals surface area contributed by atoms with E-state index in [0.717, 1.165) is 17.0 Å². The molecule has 0 fully saturated rings. The van der Waals surface area contributed by atoms with E-state index in [4.69, 9.17) is 5.73 Å². The zero-order valence-corrected chi connectivity index (χ0v) is 10.1. The van der Waals surface area contributed by atoms with Crippen molar-refractivity contribution in [1.82, 2.24) is 14.8 Å². The minimum Gasteiger partial charge on any atom is -0.395 e. The van der Waals surface area contributed by atoms with Crippen LogP contribution in [0.5, 0.6) is 0 Å². The van der Waals surface area contributed by atoms with Gasteiger partial charge >= 0.3 is 0 Å². The predicted molar refractivity (Wildman–Crippen MR) is 64.7 cm³/mol. The molecule has 0 bridgehead atoms. The fourth-order valence-electron chi connectivity index (χ4n) is 1.65. The van der Waals surface area contributed by atoms with E-state index < -0.39 is 0 Å². The molecule has 2 aromatic rings. The van der Waals surface area contributed by atoms with E-state index in [0.29, 0.717) is 11.5 Å². The fourth-order valence-corrected chi connectivity index (χ4v) is 1.65. The Hall–Kier alpha value is -1.84. The molecule has 0 atom stereocenters. The molecule has 16 heavy (non-hydrogen) atoms. The van der Waals surface area contributed by atoms with Gasteiger partial charge in [-0.05, 0) is 44.9 Å². The number of pyridine rings is 1. The van der Waals surface area contributed by atoms with E-state index in [-0.39, 0.29) is 0 Å². The zero-order valence-electron chi connectivity index (χ0n) is 10.1. The van der Waals surface area contributed by atoms with Crippen LogP contribution in [-0.4, -0.2) is 14.8 Å². The van der Waals surface area contributed by atoms with Crippen molar-refractivity contribution in [2.75, 3.05) is 5.73 Å². The second kappa shape index (κ2) is 3.63. The Bertz CT molecular complexity index is 540. The molecule has 0 unspecified atom stereocenters. The third-order valence-corrected chi connectivity index (χ3v) is 3.04. The Morgan fingerprint density at radius 2 is 1.88 bits per heavy atom. The highest BCUT2D eigenvalue weighted by molar-refractivity contribution is 5.58. The minimum atomic E-state index is 0.688. The number of aryl methyl sites for hydroxylation is 2. The second-order valence-electron chi connectivity index (χ2n) is 4.07. The largest absolute Gasteiger partial charge is 0.395 e. The summed E-state index contributed by atoms with van der Waals surface area (Å²) < 4.78 is 1.81. The summed E-state index contributed by atoms with van der Waals surface area (Å²) in [7, 11) is 0. The fraction of sp³-hybridized carbons (Fsp3) is 0.333. The highest BCUT2D eigenvalue weighted by Gasteiger charge is 2.12. The summed E-state index contributed by atoms with van der Waals surface area (Å²) in [6.45, 7) is 8.04. The monoisotopic (exact) mass is 216 g/mol. The van der Waals surface area contributed by atoms with Crippen LogP contribution in [0.4, 0.5) is 5.69 Å². The van der Waals surface area contributed by atoms with E-state index in [1.165, 1.54) is 5.56 Å². The summed E-state index contributed by atoms with van der Waals surface area (Å²) in [5.74, 6) is 0.716. The molecule has 2 heterocycles. The van der Waals surface area contributed by atoms with Crippen LogP contribution in [0.25, 0.3) is 5.82 Å². The van der Waals surface area contributed by atoms with Crippen molar-refractivity contribution in [3.05, 3.63) is 34.8 Å². The predicted octanol–water partition coefficient (Wildman–Crippen LogP) is 2.08. The van der Waals surface area contributed by atoms with Crippen molar-refractivity contribution < 1.29 is 0 Å². The van der Waals surface area contributed by atoms with Gasteiger partial charge in [0.1, 0.15) is 0 Å². The maximum absolute atomic E-state index is 6.02. The number of rotatable bonds is 1. The van der Waals surface area contributed by atoms with Crippen LogP contribution in [0, 0.1) is 27.7 Å². The van der Waals surface area contributed by atoms with Crippen molar-refractivity contribution in [3.63, 3.8) is 0 Å². The third-order valence-electron chi connectivity index (χ3n) is 3.04. The van der Waals surface area contributed by atoms with E-state index >= 15 is 0 Å². The lowest BCUT2D eigenvalue weighted by Gasteiger charge is -2.08. The van der Waals surface area contributed by atoms with Gasteiger partial charge in [-0.1, -0.05) is 0 Å². The van der Waals surface area contributed by atoms with Gasteiger partial charge in [0, 0.05) is 11.9 Å². The third kappa shape index (κ3) is 1.46. The number of hydrogen-bond acceptors (Lipinski definition) is 3. The molecule has 0 aliphatic rings. The topological polar surface area (TPSA) is 56.7 Å². The lowest BCUT2D eigenvalue weighted by Crippen LogP contribution is -2.07. The van der Waals surface area contributed by atoms with Gasteiger partial charge in [-0.3, -0.25) is 0 Å². The van der Waals surface area contributed by atoms with Gasteiger partial charge in [-0.25, -0.2) is 9.67 Å². The van der Waals surface area contributed by atoms with Crippen LogP contribution < -0.4 is 5.73 Å². The molecule has 0 aromatic carbocycles. The Balaban J connectivity index is 2.68. The van der Waals surface area contributed by atoms with Crippen LogP contribution in [0.1, 0.15) is 22.5 Å². The van der Waals surface area contributed by atoms with Gasteiger partial charge in [0.15, 0.2) is 5.82 Å². The molecule has 0 spiro atoms. The normalized spacial score (nSPS) is 10.8. The number of nitrogen functional groups attached to an aromatic ring is 1. The Kier molecular flexibility index (Phi) is 2.42. The average molecular weight is 216 g/mol. The highest BCUT2D eigenvalue weighted by atomic mass is 15.3. The van der Waals surface area contributed by atoms with Crippen molar-refractivity contribution >= 4 is 5.69 Å². The number of nitrogens with two attached hydrogens (primary N) is 1. The first-order chi connectivity index (χ1) is 7.52. The lowest BCUT2D eigenvalue weighted by atomic mass is 10.2. The molecule has 0 saturated carbocycles. The molecular formula is C12H16N4. The quantitative estimate of drug-likeness (QED) is 0.794. The summed E-state index contributed by atoms with van der Waals surface area (Å²) in [4.78, 5) is 4.30. The molecule has 2 aromatic heterocycles. The molecule has 0 saturated heterocycles. The molecule has 4 heteroatoms. The summed E-state index contributed by atoms with van der Waals surface area (Å²) in [6.07, 6.45) is 1.76. The summed E-state index contributed by atoms with van der Waals surface area (Å²) >= 11 is 0. The Morgan fingerprint density at radius 3 is 2.44 bits per heavy atom. The van der Waals surface area contributed by atoms with Crippen LogP contribution in [0.15, 0.2) is 12.3 Å². The number of hydrogen-bond donors (Lipinski definition) is 1. The highest BCUT2D eigenvalue weighted by Crippen LogP contribution is 2.21. The molecule has 2 rings (SSSR count). The van der Waals surface area contributed by atoms with Crippen molar-refractivity contribution in [2.24, 2.45) is 0 Å². The SMILES string of the molecule is Cc1ccnc(-n2nc(C)c(C)c2C)c1N. The Labute approximate surface area is 95.1 Å². The van der Waals surface area contributed by atoms with E-state index in [1.807, 2.05) is 31.5 Å². The van der Waals surface area contributed by atoms with Crippen molar-refractivity contribution in [1.29, 1.82) is 0 Å².